The minimum Gasteiger partial charge on any atom is -0.345 e. The highest BCUT2D eigenvalue weighted by molar-refractivity contribution is 5.94. The number of benzene rings is 1. The molecule has 0 unspecified atom stereocenters. The number of halogens is 1. The average molecular weight is 424 g/mol. The largest absolute Gasteiger partial charge is 0.345 e. The van der Waals surface area contributed by atoms with Gasteiger partial charge in [0.1, 0.15) is 11.6 Å². The van der Waals surface area contributed by atoms with Gasteiger partial charge >= 0.3 is 0 Å². The number of rotatable bonds is 5. The van der Waals surface area contributed by atoms with Crippen LogP contribution < -0.4 is 5.32 Å². The lowest BCUT2D eigenvalue weighted by Crippen LogP contribution is -2.50. The van der Waals surface area contributed by atoms with E-state index in [1.807, 2.05) is 0 Å². The van der Waals surface area contributed by atoms with Crippen LogP contribution in [0, 0.1) is 23.1 Å². The van der Waals surface area contributed by atoms with E-state index in [1.165, 1.54) is 31.0 Å². The summed E-state index contributed by atoms with van der Waals surface area (Å²) in [7, 11) is 0. The molecule has 0 saturated heterocycles. The zero-order valence-corrected chi connectivity index (χ0v) is 18.3. The Morgan fingerprint density at radius 3 is 2.90 bits per heavy atom. The van der Waals surface area contributed by atoms with Gasteiger partial charge in [-0.2, -0.15) is 0 Å². The van der Waals surface area contributed by atoms with Gasteiger partial charge in [-0.05, 0) is 48.3 Å². The molecule has 6 rings (SSSR count). The second-order valence-corrected chi connectivity index (χ2v) is 9.72. The molecule has 1 aliphatic heterocycles. The topological polar surface area (TPSA) is 63.1 Å². The Morgan fingerprint density at radius 1 is 1.26 bits per heavy atom. The van der Waals surface area contributed by atoms with Crippen molar-refractivity contribution in [2.45, 2.75) is 46.2 Å². The smallest absolute Gasteiger partial charge is 0.251 e. The number of nitrogens with zero attached hydrogens (tertiary/aromatic N) is 4. The minimum absolute atomic E-state index is 0.283. The predicted octanol–water partition coefficient (Wildman–Crippen LogP) is 3.20. The number of nitrogens with one attached hydrogen (secondary N) is 1. The Morgan fingerprint density at radius 2 is 2.13 bits per heavy atom. The van der Waals surface area contributed by atoms with Gasteiger partial charge in [0.15, 0.2) is 5.82 Å². The molecule has 1 amide bonds. The van der Waals surface area contributed by atoms with Gasteiger partial charge in [0.25, 0.3) is 5.91 Å². The van der Waals surface area contributed by atoms with Gasteiger partial charge in [0.05, 0.1) is 6.54 Å². The third-order valence-corrected chi connectivity index (χ3v) is 7.68. The number of fused-ring (bicyclic) bond motifs is 2. The van der Waals surface area contributed by atoms with Crippen LogP contribution >= 0.6 is 0 Å². The zero-order chi connectivity index (χ0) is 21.6. The lowest BCUT2D eigenvalue weighted by Gasteiger charge is -2.57. The summed E-state index contributed by atoms with van der Waals surface area (Å²) in [5.41, 5.74) is 2.39. The molecule has 2 atom stereocenters. The molecule has 1 aromatic carbocycles. The van der Waals surface area contributed by atoms with Crippen LogP contribution in [0.25, 0.3) is 0 Å². The summed E-state index contributed by atoms with van der Waals surface area (Å²) in [6.07, 6.45) is 5.93. The molecule has 2 aromatic rings. The summed E-state index contributed by atoms with van der Waals surface area (Å²) >= 11 is 0. The van der Waals surface area contributed by atoms with Crippen molar-refractivity contribution in [1.82, 2.24) is 25.0 Å². The van der Waals surface area contributed by atoms with Crippen molar-refractivity contribution in [2.75, 3.05) is 19.6 Å². The SMILES string of the molecule is CC1(C)[C@H]2CC=C(CN3CCc4nnc(CNC(=O)c5cccc(F)c5)n4CC3)[C@@H]1C2. The van der Waals surface area contributed by atoms with E-state index in [9.17, 15) is 9.18 Å². The molecule has 2 heterocycles. The van der Waals surface area contributed by atoms with Gasteiger partial charge in [-0.25, -0.2) is 4.39 Å². The Hall–Kier alpha value is -2.54. The van der Waals surface area contributed by atoms with E-state index >= 15 is 0 Å². The summed E-state index contributed by atoms with van der Waals surface area (Å²) in [4.78, 5) is 14.9. The first-order chi connectivity index (χ1) is 14.9. The van der Waals surface area contributed by atoms with Crippen LogP contribution in [-0.4, -0.2) is 45.2 Å². The van der Waals surface area contributed by atoms with E-state index in [0.717, 1.165) is 56.1 Å². The van der Waals surface area contributed by atoms with Gasteiger partial charge in [0, 0.05) is 38.2 Å². The highest BCUT2D eigenvalue weighted by Crippen LogP contribution is 2.59. The summed E-state index contributed by atoms with van der Waals surface area (Å²) < 4.78 is 15.5. The molecular weight excluding hydrogens is 393 g/mol. The van der Waals surface area contributed by atoms with Crippen LogP contribution in [0.2, 0.25) is 0 Å². The normalized spacial score (nSPS) is 24.5. The molecule has 1 N–H and O–H groups in total. The van der Waals surface area contributed by atoms with Crippen molar-refractivity contribution in [2.24, 2.45) is 17.3 Å². The second-order valence-electron chi connectivity index (χ2n) is 9.72. The number of hydrogen-bond acceptors (Lipinski definition) is 4. The number of carbonyl (C=O) groups is 1. The maximum Gasteiger partial charge on any atom is 0.251 e. The molecule has 6 nitrogen and oxygen atoms in total. The van der Waals surface area contributed by atoms with E-state index in [4.69, 9.17) is 0 Å². The molecule has 1 saturated carbocycles. The van der Waals surface area contributed by atoms with E-state index in [1.54, 1.807) is 11.6 Å². The molecule has 2 bridgehead atoms. The first-order valence-electron chi connectivity index (χ1n) is 11.3. The molecule has 4 aliphatic rings. The number of aromatic nitrogens is 3. The molecular formula is C24H30FN5O. The third kappa shape index (κ3) is 3.80. The third-order valence-electron chi connectivity index (χ3n) is 7.68. The fourth-order valence-electron chi connectivity index (χ4n) is 5.52. The quantitative estimate of drug-likeness (QED) is 0.751. The second kappa shape index (κ2) is 7.86. The summed E-state index contributed by atoms with van der Waals surface area (Å²) in [6, 6.07) is 5.71. The highest BCUT2D eigenvalue weighted by atomic mass is 19.1. The zero-order valence-electron chi connectivity index (χ0n) is 18.3. The van der Waals surface area contributed by atoms with Crippen LogP contribution in [-0.2, 0) is 19.5 Å². The predicted molar refractivity (Wildman–Crippen MR) is 116 cm³/mol. The van der Waals surface area contributed by atoms with Crippen molar-refractivity contribution < 1.29 is 9.18 Å². The number of carbonyl (C=O) groups excluding carboxylic acids is 1. The number of hydrogen-bond donors (Lipinski definition) is 1. The van der Waals surface area contributed by atoms with Gasteiger partial charge in [0.2, 0.25) is 0 Å². The maximum absolute atomic E-state index is 13.4. The van der Waals surface area contributed by atoms with Gasteiger partial charge in [-0.1, -0.05) is 31.6 Å². The lowest BCUT2D eigenvalue weighted by atomic mass is 9.49. The van der Waals surface area contributed by atoms with Crippen LogP contribution in [0.5, 0.6) is 0 Å². The molecule has 0 spiro atoms. The highest BCUT2D eigenvalue weighted by Gasteiger charge is 2.51. The molecule has 164 valence electrons. The first-order valence-corrected chi connectivity index (χ1v) is 11.3. The maximum atomic E-state index is 13.4. The van der Waals surface area contributed by atoms with Crippen LogP contribution in [0.4, 0.5) is 4.39 Å². The summed E-state index contributed by atoms with van der Waals surface area (Å²) in [5.74, 6) is 2.60. The standard InChI is InChI=1S/C24H30FN5O/c1-24(2)18-7-6-17(20(24)13-18)15-29-9-8-21-27-28-22(30(21)11-10-29)14-26-23(31)16-4-3-5-19(25)12-16/h3-6,12,18,20H,7-11,13-15H2,1-2H3,(H,26,31)/t18-,20-/m0/s1. The minimum atomic E-state index is -0.419. The van der Waals surface area contributed by atoms with E-state index in [2.05, 4.69) is 44.9 Å². The average Bonchev–Trinajstić information content (AvgIpc) is 3.04. The van der Waals surface area contributed by atoms with Crippen molar-refractivity contribution in [3.8, 4) is 0 Å². The fraction of sp³-hybridized carbons (Fsp3) is 0.542. The van der Waals surface area contributed by atoms with Crippen molar-refractivity contribution >= 4 is 5.91 Å². The molecule has 3 aliphatic carbocycles. The van der Waals surface area contributed by atoms with Crippen LogP contribution in [0.1, 0.15) is 48.7 Å². The Labute approximate surface area is 182 Å². The number of amides is 1. The molecule has 1 fully saturated rings. The van der Waals surface area contributed by atoms with Gasteiger partial charge in [-0.3, -0.25) is 9.69 Å². The molecule has 31 heavy (non-hydrogen) atoms. The van der Waals surface area contributed by atoms with E-state index in [-0.39, 0.29) is 12.5 Å². The van der Waals surface area contributed by atoms with Gasteiger partial charge in [-0.15, -0.1) is 10.2 Å². The molecule has 1 aromatic heterocycles. The van der Waals surface area contributed by atoms with Crippen molar-refractivity contribution in [3.05, 3.63) is 58.9 Å². The fourth-order valence-corrected chi connectivity index (χ4v) is 5.52. The van der Waals surface area contributed by atoms with Crippen LogP contribution in [0.3, 0.4) is 0 Å². The van der Waals surface area contributed by atoms with Crippen molar-refractivity contribution in [1.29, 1.82) is 0 Å². The summed E-state index contributed by atoms with van der Waals surface area (Å²) in [5, 5.41) is 11.5. The van der Waals surface area contributed by atoms with Crippen molar-refractivity contribution in [3.63, 3.8) is 0 Å². The summed E-state index contributed by atoms with van der Waals surface area (Å²) in [6.45, 7) is 8.92. The monoisotopic (exact) mass is 423 g/mol. The Kier molecular flexibility index (Phi) is 5.16. The lowest BCUT2D eigenvalue weighted by molar-refractivity contribution is -0.0106. The molecule has 0 radical (unpaired) electrons. The first kappa shape index (κ1) is 20.4. The number of allylic oxidation sites excluding steroid dienone is 1. The van der Waals surface area contributed by atoms with Gasteiger partial charge < -0.3 is 9.88 Å². The van der Waals surface area contributed by atoms with E-state index < -0.39 is 5.82 Å². The Balaban J connectivity index is 1.20. The van der Waals surface area contributed by atoms with Crippen LogP contribution in [0.15, 0.2) is 35.9 Å². The Bertz CT molecular complexity index is 1030. The van der Waals surface area contributed by atoms with E-state index in [0.29, 0.717) is 11.0 Å². The molecule has 7 heteroatoms.